The number of aromatic hydroxyl groups is 1. The standard InChI is InChI=1S/C21H26O3.C8H19O2P.C7H5NO5/c1-2-3-4-5-6-7-16-24-20-14-12-18(13-15-20)17-8-10-19(11-9-17)21(22)23;1-3-5-7-11(9,10)8-6-4-2;9-6-2-1-4(7(10)11)3-5(6)8(12)13/h8-15H,2-7,16H2,1H3,(H,22,23);3-8H2,1-2H3,(H,9,10);1-3,9H,(H,10,11). The second-order valence-corrected chi connectivity index (χ2v) is 13.9. The number of carbonyl (C=O) groups is 2. The number of carboxylic acid groups (broad SMARTS) is 2. The van der Waals surface area contributed by atoms with Crippen LogP contribution in [-0.4, -0.2) is 56.0 Å². The molecule has 0 aromatic heterocycles. The normalized spacial score (nSPS) is 10.6. The number of phenolic OH excluding ortho intramolecular Hbond substituents is 1. The number of rotatable bonds is 18. The Hall–Kier alpha value is -4.21. The lowest BCUT2D eigenvalue weighted by Crippen LogP contribution is -1.97. The number of nitrogens with zero attached hydrogens (tertiary/aromatic N) is 1. The molecule has 12 heteroatoms. The van der Waals surface area contributed by atoms with Gasteiger partial charge in [-0.25, -0.2) is 9.59 Å². The third-order valence-electron chi connectivity index (χ3n) is 7.23. The van der Waals surface area contributed by atoms with Crippen molar-refractivity contribution in [3.05, 3.63) is 88.0 Å². The van der Waals surface area contributed by atoms with Crippen molar-refractivity contribution >= 4 is 25.0 Å². The maximum absolute atomic E-state index is 11.3. The number of hydrogen-bond donors (Lipinski definition) is 4. The van der Waals surface area contributed by atoms with Gasteiger partial charge < -0.3 is 24.9 Å². The Labute approximate surface area is 283 Å². The summed E-state index contributed by atoms with van der Waals surface area (Å²) in [5.74, 6) is -1.84. The second-order valence-electron chi connectivity index (χ2n) is 11.3. The molecule has 0 aliphatic carbocycles. The smallest absolute Gasteiger partial charge is 0.335 e. The van der Waals surface area contributed by atoms with Gasteiger partial charge in [-0.05, 0) is 66.8 Å². The minimum atomic E-state index is -2.73. The van der Waals surface area contributed by atoms with Gasteiger partial charge in [0.25, 0.3) is 0 Å². The summed E-state index contributed by atoms with van der Waals surface area (Å²) < 4.78 is 17.1. The molecule has 4 N–H and O–H groups in total. The number of nitro benzene ring substituents is 1. The summed E-state index contributed by atoms with van der Waals surface area (Å²) in [7, 11) is -2.73. The fourth-order valence-electron chi connectivity index (χ4n) is 4.35. The number of unbranched alkanes of at least 4 members (excludes halogenated alkanes) is 7. The average molecular weight is 688 g/mol. The number of nitro groups is 1. The molecule has 0 amide bonds. The minimum absolute atomic E-state index is 0.232. The molecule has 3 aromatic carbocycles. The van der Waals surface area contributed by atoms with Gasteiger partial charge in [0, 0.05) is 18.4 Å². The number of phenols is 1. The van der Waals surface area contributed by atoms with E-state index in [2.05, 4.69) is 6.92 Å². The summed E-state index contributed by atoms with van der Waals surface area (Å²) >= 11 is 0. The van der Waals surface area contributed by atoms with E-state index in [0.717, 1.165) is 73.8 Å². The molecule has 0 heterocycles. The van der Waals surface area contributed by atoms with Crippen molar-refractivity contribution in [2.75, 3.05) is 18.9 Å². The van der Waals surface area contributed by atoms with Gasteiger partial charge in [0.2, 0.25) is 7.37 Å². The van der Waals surface area contributed by atoms with E-state index >= 15 is 0 Å². The van der Waals surface area contributed by atoms with Crippen LogP contribution >= 0.6 is 7.37 Å². The molecule has 0 spiro atoms. The summed E-state index contributed by atoms with van der Waals surface area (Å²) in [4.78, 5) is 40.0. The van der Waals surface area contributed by atoms with Crippen LogP contribution in [0, 0.1) is 10.1 Å². The van der Waals surface area contributed by atoms with Crippen molar-refractivity contribution < 1.29 is 44.0 Å². The molecule has 0 fully saturated rings. The van der Waals surface area contributed by atoms with Crippen LogP contribution in [-0.2, 0) is 4.57 Å². The quantitative estimate of drug-likeness (QED) is 0.0434. The average Bonchev–Trinajstić information content (AvgIpc) is 3.07. The van der Waals surface area contributed by atoms with Crippen LogP contribution in [0.3, 0.4) is 0 Å². The van der Waals surface area contributed by atoms with Crippen LogP contribution in [0.4, 0.5) is 5.69 Å². The van der Waals surface area contributed by atoms with Crippen LogP contribution in [0.25, 0.3) is 11.1 Å². The molecule has 48 heavy (non-hydrogen) atoms. The maximum atomic E-state index is 11.3. The molecule has 0 saturated heterocycles. The van der Waals surface area contributed by atoms with E-state index in [1.807, 2.05) is 50.2 Å². The van der Waals surface area contributed by atoms with E-state index in [-0.39, 0.29) is 5.56 Å². The van der Waals surface area contributed by atoms with E-state index in [9.17, 15) is 29.2 Å². The van der Waals surface area contributed by atoms with Crippen LogP contribution in [0.15, 0.2) is 66.7 Å². The Morgan fingerprint density at radius 3 is 1.65 bits per heavy atom. The Bertz CT molecular complexity index is 1430. The Balaban J connectivity index is 0.000000404. The first-order chi connectivity index (χ1) is 22.8. The third kappa shape index (κ3) is 17.1. The maximum Gasteiger partial charge on any atom is 0.335 e. The van der Waals surface area contributed by atoms with Gasteiger partial charge in [-0.15, -0.1) is 0 Å². The summed E-state index contributed by atoms with van der Waals surface area (Å²) in [6.07, 6.45) is 12.4. The van der Waals surface area contributed by atoms with Gasteiger partial charge in [-0.3, -0.25) is 14.7 Å². The topological polar surface area (TPSA) is 184 Å². The molecule has 0 aliphatic heterocycles. The van der Waals surface area contributed by atoms with Crippen LogP contribution < -0.4 is 4.74 Å². The van der Waals surface area contributed by atoms with E-state index in [1.54, 1.807) is 12.1 Å². The summed E-state index contributed by atoms with van der Waals surface area (Å²) in [5.41, 5.74) is 1.52. The largest absolute Gasteiger partial charge is 0.502 e. The van der Waals surface area contributed by atoms with Gasteiger partial charge in [0.05, 0.1) is 22.7 Å². The first-order valence-corrected chi connectivity index (χ1v) is 18.5. The Morgan fingerprint density at radius 1 is 0.708 bits per heavy atom. The predicted octanol–water partition coefficient (Wildman–Crippen LogP) is 9.65. The highest BCUT2D eigenvalue weighted by atomic mass is 31.2. The molecular formula is C36H50NO10P. The van der Waals surface area contributed by atoms with Gasteiger partial charge in [-0.2, -0.15) is 0 Å². The van der Waals surface area contributed by atoms with Gasteiger partial charge in [0.1, 0.15) is 5.75 Å². The third-order valence-corrected chi connectivity index (χ3v) is 9.26. The van der Waals surface area contributed by atoms with Crippen molar-refractivity contribution in [2.24, 2.45) is 0 Å². The highest BCUT2D eigenvalue weighted by Gasteiger charge is 2.16. The molecule has 11 nitrogen and oxygen atoms in total. The Morgan fingerprint density at radius 2 is 1.17 bits per heavy atom. The molecular weight excluding hydrogens is 637 g/mol. The minimum Gasteiger partial charge on any atom is -0.502 e. The predicted molar refractivity (Wildman–Crippen MR) is 189 cm³/mol. The van der Waals surface area contributed by atoms with Crippen molar-refractivity contribution in [2.45, 2.75) is 85.0 Å². The number of carboxylic acids is 2. The fraction of sp³-hybridized carbons (Fsp3) is 0.444. The first-order valence-electron chi connectivity index (χ1n) is 16.4. The van der Waals surface area contributed by atoms with Crippen molar-refractivity contribution in [3.8, 4) is 22.6 Å². The summed E-state index contributed by atoms with van der Waals surface area (Å²) in [6.45, 7) is 7.08. The lowest BCUT2D eigenvalue weighted by molar-refractivity contribution is -0.385. The molecule has 0 saturated carbocycles. The van der Waals surface area contributed by atoms with Gasteiger partial charge in [-0.1, -0.05) is 90.0 Å². The zero-order valence-electron chi connectivity index (χ0n) is 28.2. The van der Waals surface area contributed by atoms with E-state index in [4.69, 9.17) is 20.1 Å². The monoisotopic (exact) mass is 687 g/mol. The van der Waals surface area contributed by atoms with Crippen molar-refractivity contribution in [3.63, 3.8) is 0 Å². The van der Waals surface area contributed by atoms with E-state index < -0.39 is 35.7 Å². The first kappa shape index (κ1) is 41.8. The molecule has 264 valence electrons. The molecule has 0 bridgehead atoms. The molecule has 0 atom stereocenters. The number of ether oxygens (including phenoxy) is 1. The van der Waals surface area contributed by atoms with Crippen LogP contribution in [0.1, 0.15) is 106 Å². The second kappa shape index (κ2) is 23.2. The van der Waals surface area contributed by atoms with Gasteiger partial charge >= 0.3 is 17.6 Å². The summed E-state index contributed by atoms with van der Waals surface area (Å²) in [6, 6.07) is 17.7. The molecule has 0 unspecified atom stereocenters. The van der Waals surface area contributed by atoms with Crippen LogP contribution in [0.2, 0.25) is 0 Å². The van der Waals surface area contributed by atoms with E-state index in [0.29, 0.717) is 17.9 Å². The SMILES string of the molecule is CCCCCCCCOc1ccc(-c2ccc(C(=O)O)cc2)cc1.CCCCP(=O)(O)CCCC.O=C(O)c1ccc(O)c([N+](=O)[O-])c1. The number of aromatic carboxylic acids is 2. The zero-order chi connectivity index (χ0) is 36.0. The lowest BCUT2D eigenvalue weighted by atomic mass is 10.0. The molecule has 3 aromatic rings. The Kier molecular flexibility index (Phi) is 20.2. The molecule has 0 aliphatic rings. The number of benzene rings is 3. The molecule has 3 rings (SSSR count). The van der Waals surface area contributed by atoms with Crippen molar-refractivity contribution in [1.82, 2.24) is 0 Å². The number of hydrogen-bond acceptors (Lipinski definition) is 7. The van der Waals surface area contributed by atoms with E-state index in [1.165, 1.54) is 32.1 Å². The molecule has 0 radical (unpaired) electrons. The highest BCUT2D eigenvalue weighted by molar-refractivity contribution is 7.57. The lowest BCUT2D eigenvalue weighted by Gasteiger charge is -2.09. The highest BCUT2D eigenvalue weighted by Crippen LogP contribution is 2.42. The van der Waals surface area contributed by atoms with Gasteiger partial charge in [0.15, 0.2) is 5.75 Å². The van der Waals surface area contributed by atoms with Crippen LogP contribution in [0.5, 0.6) is 11.5 Å². The summed E-state index contributed by atoms with van der Waals surface area (Å²) in [5, 5.41) is 36.6. The van der Waals surface area contributed by atoms with Crippen molar-refractivity contribution in [1.29, 1.82) is 0 Å². The fourth-order valence-corrected chi connectivity index (χ4v) is 6.19. The zero-order valence-corrected chi connectivity index (χ0v) is 29.1.